The van der Waals surface area contributed by atoms with Crippen molar-refractivity contribution in [2.75, 3.05) is 13.6 Å². The first-order chi connectivity index (χ1) is 7.79. The van der Waals surface area contributed by atoms with Gasteiger partial charge in [0.25, 0.3) is 0 Å². The van der Waals surface area contributed by atoms with Crippen LogP contribution >= 0.6 is 0 Å². The van der Waals surface area contributed by atoms with E-state index in [9.17, 15) is 0 Å². The summed E-state index contributed by atoms with van der Waals surface area (Å²) in [5, 5.41) is 13.6. The van der Waals surface area contributed by atoms with Crippen molar-refractivity contribution in [2.24, 2.45) is 0 Å². The summed E-state index contributed by atoms with van der Waals surface area (Å²) in [4.78, 5) is 2.31. The molecule has 3 rings (SSSR count). The van der Waals surface area contributed by atoms with E-state index in [2.05, 4.69) is 27.8 Å². The van der Waals surface area contributed by atoms with Crippen LogP contribution in [0.2, 0.25) is 0 Å². The van der Waals surface area contributed by atoms with Crippen molar-refractivity contribution in [2.45, 2.75) is 38.3 Å². The Morgan fingerprint density at radius 2 is 2.25 bits per heavy atom. The molecular weight excluding hydrogens is 200 g/mol. The Balaban J connectivity index is 2.05. The number of nitriles is 1. The molecule has 2 heterocycles. The highest BCUT2D eigenvalue weighted by molar-refractivity contribution is 5.37. The van der Waals surface area contributed by atoms with E-state index in [1.165, 1.54) is 30.5 Å². The second kappa shape index (κ2) is 3.60. The number of fused-ring (bicyclic) bond motifs is 1. The second-order valence-corrected chi connectivity index (χ2v) is 4.90. The summed E-state index contributed by atoms with van der Waals surface area (Å²) in [5.41, 5.74) is 3.15. The molecule has 0 bridgehead atoms. The molecule has 0 radical (unpaired) electrons. The first-order valence-corrected chi connectivity index (χ1v) is 5.98. The highest BCUT2D eigenvalue weighted by Gasteiger charge is 2.29. The molecule has 1 aromatic rings. The highest BCUT2D eigenvalue weighted by atomic mass is 15.3. The van der Waals surface area contributed by atoms with Crippen molar-refractivity contribution in [1.29, 1.82) is 5.26 Å². The van der Waals surface area contributed by atoms with E-state index < -0.39 is 0 Å². The van der Waals surface area contributed by atoms with E-state index in [-0.39, 0.29) is 0 Å². The first kappa shape index (κ1) is 9.86. The Kier molecular flexibility index (Phi) is 2.22. The highest BCUT2D eigenvalue weighted by Crippen LogP contribution is 2.34. The van der Waals surface area contributed by atoms with Crippen LogP contribution in [0.5, 0.6) is 0 Å². The van der Waals surface area contributed by atoms with Crippen molar-refractivity contribution in [3.05, 3.63) is 17.0 Å². The third kappa shape index (κ3) is 1.35. The molecule has 2 aliphatic rings. The molecular formula is C12H16N4. The first-order valence-electron chi connectivity index (χ1n) is 5.98. The molecule has 0 spiro atoms. The van der Waals surface area contributed by atoms with Gasteiger partial charge in [0.1, 0.15) is 6.07 Å². The molecule has 84 valence electrons. The molecule has 1 aromatic heterocycles. The SMILES string of the molecule is CN1CCc2c(C#N)nn(C3CCC3)c2C1. The van der Waals surface area contributed by atoms with Gasteiger partial charge in [0.05, 0.1) is 11.7 Å². The predicted octanol–water partition coefficient (Wildman–Crippen LogP) is 1.47. The number of likely N-dealkylation sites (N-methyl/N-ethyl adjacent to an activating group) is 1. The van der Waals surface area contributed by atoms with Crippen LogP contribution in [0.1, 0.15) is 42.3 Å². The fourth-order valence-corrected chi connectivity index (χ4v) is 2.59. The molecule has 0 N–H and O–H groups in total. The van der Waals surface area contributed by atoms with E-state index in [0.717, 1.165) is 19.5 Å². The molecule has 0 atom stereocenters. The molecule has 4 heteroatoms. The Labute approximate surface area is 95.5 Å². The van der Waals surface area contributed by atoms with E-state index in [4.69, 9.17) is 5.26 Å². The van der Waals surface area contributed by atoms with Crippen LogP contribution in [0, 0.1) is 11.3 Å². The minimum absolute atomic E-state index is 0.558. The van der Waals surface area contributed by atoms with E-state index in [1.807, 2.05) is 0 Å². The maximum Gasteiger partial charge on any atom is 0.166 e. The number of rotatable bonds is 1. The van der Waals surface area contributed by atoms with E-state index in [1.54, 1.807) is 0 Å². The summed E-state index contributed by atoms with van der Waals surface area (Å²) in [5.74, 6) is 0. The van der Waals surface area contributed by atoms with Crippen molar-refractivity contribution in [1.82, 2.24) is 14.7 Å². The van der Waals surface area contributed by atoms with Crippen LogP contribution in [-0.2, 0) is 13.0 Å². The Morgan fingerprint density at radius 3 is 2.88 bits per heavy atom. The fourth-order valence-electron chi connectivity index (χ4n) is 2.59. The number of nitrogens with zero attached hydrogens (tertiary/aromatic N) is 4. The molecule has 1 aliphatic carbocycles. The summed E-state index contributed by atoms with van der Waals surface area (Å²) < 4.78 is 2.13. The van der Waals surface area contributed by atoms with Gasteiger partial charge in [0.15, 0.2) is 5.69 Å². The zero-order valence-corrected chi connectivity index (χ0v) is 9.61. The number of aromatic nitrogens is 2. The fraction of sp³-hybridized carbons (Fsp3) is 0.667. The smallest absolute Gasteiger partial charge is 0.166 e. The van der Waals surface area contributed by atoms with Crippen LogP contribution in [0.15, 0.2) is 0 Å². The third-order valence-electron chi connectivity index (χ3n) is 3.81. The Morgan fingerprint density at radius 1 is 1.44 bits per heavy atom. The lowest BCUT2D eigenvalue weighted by atomic mass is 9.92. The maximum absolute atomic E-state index is 9.11. The molecule has 1 fully saturated rings. The Bertz CT molecular complexity index is 450. The van der Waals surface area contributed by atoms with Crippen LogP contribution in [0.3, 0.4) is 0 Å². The van der Waals surface area contributed by atoms with Crippen LogP contribution in [-0.4, -0.2) is 28.3 Å². The Hall–Kier alpha value is -1.34. The quantitative estimate of drug-likeness (QED) is 0.714. The molecule has 0 saturated heterocycles. The molecule has 0 amide bonds. The largest absolute Gasteiger partial charge is 0.300 e. The summed E-state index contributed by atoms with van der Waals surface area (Å²) in [6.07, 6.45) is 4.73. The molecule has 0 aromatic carbocycles. The van der Waals surface area contributed by atoms with Crippen LogP contribution in [0.25, 0.3) is 0 Å². The predicted molar refractivity (Wildman–Crippen MR) is 59.9 cm³/mol. The van der Waals surface area contributed by atoms with Gasteiger partial charge in [0.2, 0.25) is 0 Å². The van der Waals surface area contributed by atoms with Gasteiger partial charge in [-0.3, -0.25) is 4.68 Å². The number of hydrogen-bond donors (Lipinski definition) is 0. The van der Waals surface area contributed by atoms with Gasteiger partial charge in [-0.05, 0) is 32.7 Å². The average Bonchev–Trinajstić information content (AvgIpc) is 2.54. The van der Waals surface area contributed by atoms with Gasteiger partial charge < -0.3 is 4.90 Å². The molecule has 0 unspecified atom stereocenters. The molecule has 1 saturated carbocycles. The summed E-state index contributed by atoms with van der Waals surface area (Å²) >= 11 is 0. The van der Waals surface area contributed by atoms with Gasteiger partial charge in [-0.2, -0.15) is 10.4 Å². The molecule has 16 heavy (non-hydrogen) atoms. The maximum atomic E-state index is 9.11. The molecule has 1 aliphatic heterocycles. The minimum Gasteiger partial charge on any atom is -0.300 e. The van der Waals surface area contributed by atoms with Gasteiger partial charge in [0, 0.05) is 18.7 Å². The van der Waals surface area contributed by atoms with Crippen molar-refractivity contribution in [3.8, 4) is 6.07 Å². The van der Waals surface area contributed by atoms with Crippen LogP contribution in [0.4, 0.5) is 0 Å². The van der Waals surface area contributed by atoms with Gasteiger partial charge in [-0.15, -0.1) is 0 Å². The van der Waals surface area contributed by atoms with Crippen LogP contribution < -0.4 is 0 Å². The second-order valence-electron chi connectivity index (χ2n) is 4.90. The van der Waals surface area contributed by atoms with Crippen molar-refractivity contribution < 1.29 is 0 Å². The van der Waals surface area contributed by atoms with Gasteiger partial charge >= 0.3 is 0 Å². The normalized spacial score (nSPS) is 21.2. The average molecular weight is 216 g/mol. The lowest BCUT2D eigenvalue weighted by molar-refractivity contribution is 0.251. The zero-order chi connectivity index (χ0) is 11.1. The standard InChI is InChI=1S/C12H16N4/c1-15-6-5-10-11(7-13)14-16(12(10)8-15)9-3-2-4-9/h9H,2-6,8H2,1H3. The lowest BCUT2D eigenvalue weighted by Gasteiger charge is -2.30. The van der Waals surface area contributed by atoms with Crippen molar-refractivity contribution in [3.63, 3.8) is 0 Å². The van der Waals surface area contributed by atoms with Gasteiger partial charge in [-0.1, -0.05) is 0 Å². The summed E-state index contributed by atoms with van der Waals surface area (Å²) in [7, 11) is 2.13. The number of hydrogen-bond acceptors (Lipinski definition) is 3. The van der Waals surface area contributed by atoms with Crippen molar-refractivity contribution >= 4 is 0 Å². The minimum atomic E-state index is 0.558. The summed E-state index contributed by atoms with van der Waals surface area (Å²) in [6.45, 7) is 1.98. The third-order valence-corrected chi connectivity index (χ3v) is 3.81. The topological polar surface area (TPSA) is 44.9 Å². The van der Waals surface area contributed by atoms with E-state index >= 15 is 0 Å². The van der Waals surface area contributed by atoms with E-state index in [0.29, 0.717) is 11.7 Å². The monoisotopic (exact) mass is 216 g/mol. The summed E-state index contributed by atoms with van der Waals surface area (Å²) in [6, 6.07) is 2.80. The zero-order valence-electron chi connectivity index (χ0n) is 9.61. The lowest BCUT2D eigenvalue weighted by Crippen LogP contribution is -2.30. The van der Waals surface area contributed by atoms with Gasteiger partial charge in [-0.25, -0.2) is 0 Å². The molecule has 4 nitrogen and oxygen atoms in total.